The highest BCUT2D eigenvalue weighted by Crippen LogP contribution is 2.30. The lowest BCUT2D eigenvalue weighted by atomic mass is 9.79. The summed E-state index contributed by atoms with van der Waals surface area (Å²) >= 11 is 0. The van der Waals surface area contributed by atoms with E-state index in [0.717, 1.165) is 24.4 Å². The maximum Gasteiger partial charge on any atom is 0.222 e. The van der Waals surface area contributed by atoms with Gasteiger partial charge in [0.15, 0.2) is 0 Å². The minimum absolute atomic E-state index is 0.01000. The summed E-state index contributed by atoms with van der Waals surface area (Å²) in [5.74, 6) is 0.827. The molecule has 2 N–H and O–H groups in total. The van der Waals surface area contributed by atoms with Crippen molar-refractivity contribution in [2.24, 2.45) is 0 Å². The first-order valence-electron chi connectivity index (χ1n) is 7.38. The van der Waals surface area contributed by atoms with Crippen molar-refractivity contribution in [3.63, 3.8) is 0 Å². The van der Waals surface area contributed by atoms with Crippen LogP contribution in [-0.2, 0) is 11.3 Å². The zero-order valence-electron chi connectivity index (χ0n) is 12.4. The number of nitrogens with one attached hydrogen (secondary N) is 2. The van der Waals surface area contributed by atoms with Gasteiger partial charge in [0, 0.05) is 18.2 Å². The number of hydrogen-bond acceptors (Lipinski definition) is 4. The van der Waals surface area contributed by atoms with E-state index >= 15 is 0 Å². The highest BCUT2D eigenvalue weighted by atomic mass is 16.1. The van der Waals surface area contributed by atoms with Gasteiger partial charge in [0.1, 0.15) is 5.82 Å². The summed E-state index contributed by atoms with van der Waals surface area (Å²) in [6.45, 7) is 2.32. The van der Waals surface area contributed by atoms with Crippen LogP contribution in [-0.4, -0.2) is 28.5 Å². The number of hydrogen-bond donors (Lipinski definition) is 2. The van der Waals surface area contributed by atoms with E-state index in [-0.39, 0.29) is 11.4 Å². The van der Waals surface area contributed by atoms with E-state index in [1.54, 1.807) is 6.20 Å². The van der Waals surface area contributed by atoms with Gasteiger partial charge in [-0.15, -0.1) is 0 Å². The molecule has 20 heavy (non-hydrogen) atoms. The first-order valence-corrected chi connectivity index (χ1v) is 7.38. The lowest BCUT2D eigenvalue weighted by molar-refractivity contribution is -0.123. The third-order valence-electron chi connectivity index (χ3n) is 4.14. The topological polar surface area (TPSA) is 66.9 Å². The van der Waals surface area contributed by atoms with Crippen LogP contribution in [0.2, 0.25) is 0 Å². The molecular formula is C15H24N4O. The molecule has 5 nitrogen and oxygen atoms in total. The number of rotatable bonds is 5. The molecular weight excluding hydrogens is 252 g/mol. The standard InChI is InChI=1S/C15H24N4O/c1-12-17-9-6-13(19-12)11-18-14(20)10-15(16-2)7-4-3-5-8-15/h6,9,16H,3-5,7-8,10-11H2,1-2H3,(H,18,20). The number of amides is 1. The second-order valence-corrected chi connectivity index (χ2v) is 5.64. The van der Waals surface area contributed by atoms with Crippen molar-refractivity contribution in [3.05, 3.63) is 23.8 Å². The van der Waals surface area contributed by atoms with Crippen molar-refractivity contribution >= 4 is 5.91 Å². The Bertz CT molecular complexity index is 455. The molecule has 0 bridgehead atoms. The normalized spacial score (nSPS) is 17.7. The van der Waals surface area contributed by atoms with E-state index in [9.17, 15) is 4.79 Å². The molecule has 0 atom stereocenters. The first kappa shape index (κ1) is 14.9. The zero-order chi connectivity index (χ0) is 14.4. The van der Waals surface area contributed by atoms with Gasteiger partial charge in [-0.2, -0.15) is 0 Å². The van der Waals surface area contributed by atoms with Gasteiger partial charge in [-0.05, 0) is 32.9 Å². The average Bonchev–Trinajstić information content (AvgIpc) is 2.46. The summed E-state index contributed by atoms with van der Waals surface area (Å²) < 4.78 is 0. The fourth-order valence-electron chi connectivity index (χ4n) is 2.91. The summed E-state index contributed by atoms with van der Waals surface area (Å²) in [5.41, 5.74) is 0.845. The van der Waals surface area contributed by atoms with Crippen molar-refractivity contribution in [3.8, 4) is 0 Å². The predicted molar refractivity (Wildman–Crippen MR) is 78.1 cm³/mol. The maximum atomic E-state index is 12.1. The highest BCUT2D eigenvalue weighted by molar-refractivity contribution is 5.77. The summed E-state index contributed by atoms with van der Waals surface area (Å²) in [5, 5.41) is 6.33. The van der Waals surface area contributed by atoms with Crippen LogP contribution in [0.5, 0.6) is 0 Å². The van der Waals surface area contributed by atoms with Crippen LogP contribution in [0.1, 0.15) is 50.0 Å². The van der Waals surface area contributed by atoms with Crippen LogP contribution in [0.15, 0.2) is 12.3 Å². The molecule has 1 aromatic heterocycles. The minimum Gasteiger partial charge on any atom is -0.350 e. The zero-order valence-corrected chi connectivity index (χ0v) is 12.4. The molecule has 1 aromatic rings. The molecule has 1 aliphatic carbocycles. The molecule has 1 aliphatic rings. The van der Waals surface area contributed by atoms with Gasteiger partial charge in [-0.25, -0.2) is 9.97 Å². The molecule has 1 amide bonds. The molecule has 1 heterocycles. The third kappa shape index (κ3) is 4.00. The Balaban J connectivity index is 1.85. The highest BCUT2D eigenvalue weighted by Gasteiger charge is 2.32. The molecule has 0 aromatic carbocycles. The van der Waals surface area contributed by atoms with Crippen LogP contribution >= 0.6 is 0 Å². The third-order valence-corrected chi connectivity index (χ3v) is 4.14. The Morgan fingerprint density at radius 1 is 1.35 bits per heavy atom. The van der Waals surface area contributed by atoms with Crippen molar-refractivity contribution < 1.29 is 4.79 Å². The fourth-order valence-corrected chi connectivity index (χ4v) is 2.91. The van der Waals surface area contributed by atoms with E-state index in [4.69, 9.17) is 0 Å². The fraction of sp³-hybridized carbons (Fsp3) is 0.667. The summed E-state index contributed by atoms with van der Waals surface area (Å²) in [6, 6.07) is 1.84. The Kier molecular flexibility index (Phi) is 5.06. The lowest BCUT2D eigenvalue weighted by Gasteiger charge is -2.36. The number of aryl methyl sites for hydroxylation is 1. The van der Waals surface area contributed by atoms with E-state index in [2.05, 4.69) is 20.6 Å². The molecule has 5 heteroatoms. The van der Waals surface area contributed by atoms with Gasteiger partial charge in [-0.1, -0.05) is 19.3 Å². The summed E-state index contributed by atoms with van der Waals surface area (Å²) in [4.78, 5) is 20.5. The summed E-state index contributed by atoms with van der Waals surface area (Å²) in [7, 11) is 1.96. The van der Waals surface area contributed by atoms with Crippen LogP contribution in [0.3, 0.4) is 0 Å². The maximum absolute atomic E-state index is 12.1. The van der Waals surface area contributed by atoms with Gasteiger partial charge < -0.3 is 10.6 Å². The molecule has 1 saturated carbocycles. The smallest absolute Gasteiger partial charge is 0.222 e. The molecule has 0 spiro atoms. The number of nitrogens with zero attached hydrogens (tertiary/aromatic N) is 2. The molecule has 0 radical (unpaired) electrons. The van der Waals surface area contributed by atoms with E-state index in [1.165, 1.54) is 19.3 Å². The van der Waals surface area contributed by atoms with Crippen molar-refractivity contribution in [1.29, 1.82) is 0 Å². The molecule has 0 unspecified atom stereocenters. The minimum atomic E-state index is -0.01000. The molecule has 110 valence electrons. The Morgan fingerprint density at radius 2 is 2.10 bits per heavy atom. The molecule has 0 aliphatic heterocycles. The number of carbonyl (C=O) groups is 1. The second kappa shape index (κ2) is 6.79. The van der Waals surface area contributed by atoms with Crippen molar-refractivity contribution in [2.75, 3.05) is 7.05 Å². The molecule has 1 fully saturated rings. The SMILES string of the molecule is CNC1(CC(=O)NCc2ccnc(C)n2)CCCCC1. The van der Waals surface area contributed by atoms with Gasteiger partial charge in [0.25, 0.3) is 0 Å². The number of aromatic nitrogens is 2. The monoisotopic (exact) mass is 276 g/mol. The van der Waals surface area contributed by atoms with Gasteiger partial charge in [0.2, 0.25) is 5.91 Å². The number of carbonyl (C=O) groups excluding carboxylic acids is 1. The van der Waals surface area contributed by atoms with Crippen LogP contribution in [0, 0.1) is 6.92 Å². The Labute approximate surface area is 120 Å². The second-order valence-electron chi connectivity index (χ2n) is 5.64. The predicted octanol–water partition coefficient (Wildman–Crippen LogP) is 1.71. The van der Waals surface area contributed by atoms with E-state index < -0.39 is 0 Å². The van der Waals surface area contributed by atoms with Crippen LogP contribution in [0.4, 0.5) is 0 Å². The van der Waals surface area contributed by atoms with Crippen molar-refractivity contribution in [1.82, 2.24) is 20.6 Å². The quantitative estimate of drug-likeness (QED) is 0.859. The van der Waals surface area contributed by atoms with Gasteiger partial charge in [-0.3, -0.25) is 4.79 Å². The van der Waals surface area contributed by atoms with Gasteiger partial charge >= 0.3 is 0 Å². The molecule has 2 rings (SSSR count). The lowest BCUT2D eigenvalue weighted by Crippen LogP contribution is -2.48. The van der Waals surface area contributed by atoms with Crippen LogP contribution < -0.4 is 10.6 Å². The first-order chi connectivity index (χ1) is 9.63. The van der Waals surface area contributed by atoms with E-state index in [1.807, 2.05) is 20.0 Å². The summed E-state index contributed by atoms with van der Waals surface area (Å²) in [6.07, 6.45) is 8.14. The van der Waals surface area contributed by atoms with E-state index in [0.29, 0.717) is 13.0 Å². The average molecular weight is 276 g/mol. The Hall–Kier alpha value is -1.49. The molecule has 0 saturated heterocycles. The van der Waals surface area contributed by atoms with Crippen LogP contribution in [0.25, 0.3) is 0 Å². The van der Waals surface area contributed by atoms with Crippen molar-refractivity contribution in [2.45, 2.75) is 57.5 Å². The van der Waals surface area contributed by atoms with Gasteiger partial charge in [0.05, 0.1) is 12.2 Å². The largest absolute Gasteiger partial charge is 0.350 e. The Morgan fingerprint density at radius 3 is 2.75 bits per heavy atom.